The topological polar surface area (TPSA) is 63.6 Å². The quantitative estimate of drug-likeness (QED) is 0.761. The lowest BCUT2D eigenvalue weighted by Gasteiger charge is -2.46. The van der Waals surface area contributed by atoms with Crippen molar-refractivity contribution in [2.75, 3.05) is 18.1 Å². The van der Waals surface area contributed by atoms with Gasteiger partial charge >= 0.3 is 5.97 Å². The van der Waals surface area contributed by atoms with Crippen LogP contribution in [0.5, 0.6) is 0 Å². The van der Waals surface area contributed by atoms with Gasteiger partial charge in [-0.1, -0.05) is 13.8 Å². The van der Waals surface area contributed by atoms with Crippen LogP contribution in [-0.2, 0) is 20.3 Å². The van der Waals surface area contributed by atoms with Crippen LogP contribution in [0.2, 0.25) is 0 Å². The van der Waals surface area contributed by atoms with Crippen molar-refractivity contribution in [2.45, 2.75) is 56.1 Å². The summed E-state index contributed by atoms with van der Waals surface area (Å²) in [5.41, 5.74) is -1.26. The fraction of sp³-hybridized carbons (Fsp3) is 0.923. The van der Waals surface area contributed by atoms with Crippen LogP contribution < -0.4 is 0 Å². The Balaban J connectivity index is 3.01. The second-order valence-corrected chi connectivity index (χ2v) is 8.17. The van der Waals surface area contributed by atoms with Crippen LogP contribution >= 0.6 is 11.8 Å². The molecular formula is C13H24O4S2. The number of aliphatic hydroxyl groups is 1. The number of rotatable bonds is 6. The van der Waals surface area contributed by atoms with Crippen molar-refractivity contribution in [2.24, 2.45) is 0 Å². The van der Waals surface area contributed by atoms with E-state index in [1.807, 2.05) is 13.8 Å². The summed E-state index contributed by atoms with van der Waals surface area (Å²) in [6.07, 6.45) is 1.81. The molecule has 0 unspecified atom stereocenters. The smallest absolute Gasteiger partial charge is 0.308 e. The summed E-state index contributed by atoms with van der Waals surface area (Å²) in [6.45, 7) is 5.81. The minimum absolute atomic E-state index is 0.0794. The van der Waals surface area contributed by atoms with Crippen LogP contribution in [0.4, 0.5) is 0 Å². The zero-order valence-corrected chi connectivity index (χ0v) is 13.6. The molecule has 3 atom stereocenters. The van der Waals surface area contributed by atoms with Crippen molar-refractivity contribution in [3.8, 4) is 0 Å². The third kappa shape index (κ3) is 3.34. The normalized spacial score (nSPS) is 30.6. The summed E-state index contributed by atoms with van der Waals surface area (Å²) < 4.78 is 16.7. The fourth-order valence-electron chi connectivity index (χ4n) is 2.58. The Bertz CT molecular complexity index is 348. The molecule has 1 saturated heterocycles. The zero-order chi connectivity index (χ0) is 14.5. The van der Waals surface area contributed by atoms with Crippen LogP contribution in [0.25, 0.3) is 0 Å². The first-order valence-corrected chi connectivity index (χ1v) is 9.16. The highest BCUT2D eigenvalue weighted by molar-refractivity contribution is 8.13. The van der Waals surface area contributed by atoms with Gasteiger partial charge in [0, 0.05) is 16.6 Å². The Morgan fingerprint density at radius 2 is 2.16 bits per heavy atom. The number of esters is 1. The van der Waals surface area contributed by atoms with E-state index in [-0.39, 0.29) is 6.42 Å². The first kappa shape index (κ1) is 17.0. The second kappa shape index (κ2) is 7.09. The van der Waals surface area contributed by atoms with Crippen LogP contribution in [0.3, 0.4) is 0 Å². The Hall–Kier alpha value is -0.0700. The van der Waals surface area contributed by atoms with Crippen LogP contribution in [0.1, 0.15) is 46.5 Å². The third-order valence-electron chi connectivity index (χ3n) is 3.68. The van der Waals surface area contributed by atoms with E-state index in [0.717, 1.165) is 12.2 Å². The molecular weight excluding hydrogens is 284 g/mol. The van der Waals surface area contributed by atoms with Crippen molar-refractivity contribution in [3.05, 3.63) is 0 Å². The molecule has 0 spiro atoms. The Labute approximate surface area is 122 Å². The SMILES string of the molecule is CCOC(=O)C[C@](O)(CC)[C@]1(CC)SCCC[S@@]1=O. The summed E-state index contributed by atoms with van der Waals surface area (Å²) in [7, 11) is -1.12. The van der Waals surface area contributed by atoms with Crippen molar-refractivity contribution in [3.63, 3.8) is 0 Å². The minimum atomic E-state index is -1.26. The number of ether oxygens (including phenoxy) is 1. The fourth-order valence-corrected chi connectivity index (χ4v) is 6.79. The summed E-state index contributed by atoms with van der Waals surface area (Å²) in [6, 6.07) is 0. The Kier molecular flexibility index (Phi) is 6.33. The van der Waals surface area contributed by atoms with E-state index in [1.54, 1.807) is 18.7 Å². The van der Waals surface area contributed by atoms with E-state index in [4.69, 9.17) is 4.74 Å². The summed E-state index contributed by atoms with van der Waals surface area (Å²) >= 11 is 1.55. The highest BCUT2D eigenvalue weighted by atomic mass is 32.2. The molecule has 1 fully saturated rings. The minimum Gasteiger partial charge on any atom is -0.466 e. The first-order chi connectivity index (χ1) is 8.95. The Morgan fingerprint density at radius 3 is 2.63 bits per heavy atom. The molecule has 0 aliphatic carbocycles. The maximum atomic E-state index is 12.5. The predicted molar refractivity (Wildman–Crippen MR) is 79.6 cm³/mol. The molecule has 0 saturated carbocycles. The van der Waals surface area contributed by atoms with Gasteiger partial charge < -0.3 is 9.84 Å². The summed E-state index contributed by atoms with van der Waals surface area (Å²) in [5.74, 6) is 1.07. The van der Waals surface area contributed by atoms with Crippen LogP contribution in [0.15, 0.2) is 0 Å². The number of hydrogen-bond donors (Lipinski definition) is 1. The van der Waals surface area contributed by atoms with Crippen molar-refractivity contribution >= 4 is 28.5 Å². The van der Waals surface area contributed by atoms with E-state index in [0.29, 0.717) is 25.2 Å². The lowest BCUT2D eigenvalue weighted by molar-refractivity contribution is -0.149. The molecule has 112 valence electrons. The van der Waals surface area contributed by atoms with E-state index in [2.05, 4.69) is 0 Å². The monoisotopic (exact) mass is 308 g/mol. The highest BCUT2D eigenvalue weighted by Crippen LogP contribution is 2.48. The van der Waals surface area contributed by atoms with E-state index >= 15 is 0 Å². The van der Waals surface area contributed by atoms with Gasteiger partial charge in [0.2, 0.25) is 0 Å². The second-order valence-electron chi connectivity index (χ2n) is 4.73. The van der Waals surface area contributed by atoms with Gasteiger partial charge in [-0.15, -0.1) is 11.8 Å². The van der Waals surface area contributed by atoms with Gasteiger partial charge in [-0.05, 0) is 31.9 Å². The molecule has 0 aromatic carbocycles. The van der Waals surface area contributed by atoms with E-state index < -0.39 is 26.4 Å². The van der Waals surface area contributed by atoms with Gasteiger partial charge in [0.15, 0.2) is 0 Å². The molecule has 1 aliphatic rings. The van der Waals surface area contributed by atoms with Gasteiger partial charge in [0.05, 0.1) is 13.0 Å². The average molecular weight is 308 g/mol. The van der Waals surface area contributed by atoms with Crippen molar-refractivity contribution in [1.29, 1.82) is 0 Å². The van der Waals surface area contributed by atoms with Crippen LogP contribution in [0, 0.1) is 0 Å². The van der Waals surface area contributed by atoms with Crippen molar-refractivity contribution < 1.29 is 18.8 Å². The molecule has 1 rings (SSSR count). The zero-order valence-electron chi connectivity index (χ0n) is 11.9. The number of carbonyl (C=O) groups is 1. The van der Waals surface area contributed by atoms with E-state index in [1.165, 1.54) is 0 Å². The molecule has 1 heterocycles. The van der Waals surface area contributed by atoms with Crippen LogP contribution in [-0.4, -0.2) is 43.1 Å². The molecule has 0 radical (unpaired) electrons. The summed E-state index contributed by atoms with van der Waals surface area (Å²) in [4.78, 5) is 11.7. The molecule has 19 heavy (non-hydrogen) atoms. The highest BCUT2D eigenvalue weighted by Gasteiger charge is 2.55. The van der Waals surface area contributed by atoms with E-state index in [9.17, 15) is 14.1 Å². The number of carbonyl (C=O) groups excluding carboxylic acids is 1. The van der Waals surface area contributed by atoms with Gasteiger partial charge in [0.25, 0.3) is 0 Å². The maximum absolute atomic E-state index is 12.5. The lowest BCUT2D eigenvalue weighted by atomic mass is 9.90. The molecule has 0 amide bonds. The summed E-state index contributed by atoms with van der Waals surface area (Å²) in [5, 5.41) is 10.9. The number of hydrogen-bond acceptors (Lipinski definition) is 5. The lowest BCUT2D eigenvalue weighted by Crippen LogP contribution is -2.57. The Morgan fingerprint density at radius 1 is 1.47 bits per heavy atom. The van der Waals surface area contributed by atoms with Gasteiger partial charge in [-0.3, -0.25) is 9.00 Å². The standard InChI is InChI=1S/C13H24O4S2/c1-4-12(15,10-11(14)17-6-3)13(5-2)18-8-7-9-19(13)16/h15H,4-10H2,1-3H3/t12-,13-,19+/m1/s1. The largest absolute Gasteiger partial charge is 0.466 e. The molecule has 0 aromatic heterocycles. The maximum Gasteiger partial charge on any atom is 0.308 e. The molecule has 0 aromatic rings. The average Bonchev–Trinajstić information content (AvgIpc) is 2.39. The molecule has 1 N–H and O–H groups in total. The van der Waals surface area contributed by atoms with Crippen molar-refractivity contribution in [1.82, 2.24) is 0 Å². The number of thioether (sulfide) groups is 1. The third-order valence-corrected chi connectivity index (χ3v) is 8.28. The first-order valence-electron chi connectivity index (χ1n) is 6.86. The molecule has 0 bridgehead atoms. The van der Waals surface area contributed by atoms with Gasteiger partial charge in [-0.25, -0.2) is 0 Å². The molecule has 1 aliphatic heterocycles. The molecule has 6 heteroatoms. The van der Waals surface area contributed by atoms with Gasteiger partial charge in [0.1, 0.15) is 9.68 Å². The molecule has 4 nitrogen and oxygen atoms in total. The van der Waals surface area contributed by atoms with Gasteiger partial charge in [-0.2, -0.15) is 0 Å². The predicted octanol–water partition coefficient (Wildman–Crippen LogP) is 2.07.